The average molecular weight is 272 g/mol. The SMILES string of the molecule is ClCCCN1Cc2ccccc2Cc2ccccc21. The Hall–Kier alpha value is -1.47. The molecule has 0 saturated heterocycles. The Bertz CT molecular complexity index is 565. The van der Waals surface area contributed by atoms with Crippen molar-refractivity contribution in [2.45, 2.75) is 19.4 Å². The summed E-state index contributed by atoms with van der Waals surface area (Å²) in [5.41, 5.74) is 5.67. The van der Waals surface area contributed by atoms with Crippen molar-refractivity contribution >= 4 is 17.3 Å². The first-order chi connectivity index (χ1) is 9.38. The molecule has 0 N–H and O–H groups in total. The molecule has 0 fully saturated rings. The molecule has 1 aliphatic rings. The Morgan fingerprint density at radius 2 is 1.58 bits per heavy atom. The van der Waals surface area contributed by atoms with Crippen LogP contribution in [0.1, 0.15) is 23.1 Å². The van der Waals surface area contributed by atoms with Gasteiger partial charge in [-0.25, -0.2) is 0 Å². The molecule has 0 aliphatic carbocycles. The fourth-order valence-electron chi connectivity index (χ4n) is 2.80. The highest BCUT2D eigenvalue weighted by atomic mass is 35.5. The van der Waals surface area contributed by atoms with Crippen molar-refractivity contribution in [2.75, 3.05) is 17.3 Å². The van der Waals surface area contributed by atoms with Gasteiger partial charge >= 0.3 is 0 Å². The lowest BCUT2D eigenvalue weighted by atomic mass is 10.0. The molecule has 2 aromatic carbocycles. The van der Waals surface area contributed by atoms with Gasteiger partial charge in [0, 0.05) is 24.7 Å². The minimum Gasteiger partial charge on any atom is -0.367 e. The molecule has 2 heteroatoms. The van der Waals surface area contributed by atoms with Crippen molar-refractivity contribution in [3.8, 4) is 0 Å². The van der Waals surface area contributed by atoms with Gasteiger partial charge in [0.15, 0.2) is 0 Å². The van der Waals surface area contributed by atoms with Gasteiger partial charge in [-0.3, -0.25) is 0 Å². The normalized spacial score (nSPS) is 13.6. The van der Waals surface area contributed by atoms with Crippen molar-refractivity contribution in [1.29, 1.82) is 0 Å². The minimum absolute atomic E-state index is 0.723. The summed E-state index contributed by atoms with van der Waals surface area (Å²) in [6, 6.07) is 17.5. The van der Waals surface area contributed by atoms with Crippen molar-refractivity contribution in [3.05, 3.63) is 65.2 Å². The molecule has 0 saturated carbocycles. The van der Waals surface area contributed by atoms with E-state index in [1.807, 2.05) is 0 Å². The lowest BCUT2D eigenvalue weighted by molar-refractivity contribution is 0.772. The third kappa shape index (κ3) is 2.62. The van der Waals surface area contributed by atoms with E-state index >= 15 is 0 Å². The zero-order valence-electron chi connectivity index (χ0n) is 11.0. The van der Waals surface area contributed by atoms with Gasteiger partial charge in [-0.05, 0) is 35.6 Å². The second-order valence-corrected chi connectivity index (χ2v) is 5.42. The van der Waals surface area contributed by atoms with Crippen LogP contribution in [-0.4, -0.2) is 12.4 Å². The molecular formula is C17H18ClN. The molecule has 0 atom stereocenters. The summed E-state index contributed by atoms with van der Waals surface area (Å²) in [4.78, 5) is 2.46. The number of hydrogen-bond acceptors (Lipinski definition) is 1. The molecule has 2 aromatic rings. The van der Waals surface area contributed by atoms with Gasteiger partial charge in [0.2, 0.25) is 0 Å². The van der Waals surface area contributed by atoms with E-state index in [0.29, 0.717) is 0 Å². The topological polar surface area (TPSA) is 3.24 Å². The molecule has 0 unspecified atom stereocenters. The molecule has 1 heterocycles. The van der Waals surface area contributed by atoms with Crippen LogP contribution >= 0.6 is 11.6 Å². The van der Waals surface area contributed by atoms with E-state index in [9.17, 15) is 0 Å². The van der Waals surface area contributed by atoms with Crippen LogP contribution in [0.3, 0.4) is 0 Å². The van der Waals surface area contributed by atoms with Crippen LogP contribution in [0.2, 0.25) is 0 Å². The molecule has 1 nitrogen and oxygen atoms in total. The number of para-hydroxylation sites is 1. The van der Waals surface area contributed by atoms with E-state index in [0.717, 1.165) is 31.8 Å². The lowest BCUT2D eigenvalue weighted by Crippen LogP contribution is -2.24. The number of rotatable bonds is 3. The number of nitrogens with zero attached hydrogens (tertiary/aromatic N) is 1. The highest BCUT2D eigenvalue weighted by Crippen LogP contribution is 2.30. The molecule has 0 spiro atoms. The van der Waals surface area contributed by atoms with Gasteiger partial charge in [0.1, 0.15) is 0 Å². The Kier molecular flexibility index (Phi) is 3.74. The molecule has 1 aliphatic heterocycles. The van der Waals surface area contributed by atoms with Gasteiger partial charge in [-0.15, -0.1) is 11.6 Å². The number of alkyl halides is 1. The van der Waals surface area contributed by atoms with Crippen molar-refractivity contribution in [2.24, 2.45) is 0 Å². The van der Waals surface area contributed by atoms with Gasteiger partial charge < -0.3 is 4.90 Å². The van der Waals surface area contributed by atoms with Crippen LogP contribution in [-0.2, 0) is 13.0 Å². The second kappa shape index (κ2) is 5.66. The van der Waals surface area contributed by atoms with E-state index in [1.165, 1.54) is 22.4 Å². The minimum atomic E-state index is 0.723. The standard InChI is InChI=1S/C17H18ClN/c18-10-5-11-19-13-16-8-2-1-6-14(16)12-15-7-3-4-9-17(15)19/h1-4,6-9H,5,10-13H2. The number of fused-ring (bicyclic) bond motifs is 2. The van der Waals surface area contributed by atoms with Gasteiger partial charge in [0.05, 0.1) is 0 Å². The molecule has 3 rings (SSSR count). The van der Waals surface area contributed by atoms with Crippen molar-refractivity contribution in [1.82, 2.24) is 0 Å². The summed E-state index contributed by atoms with van der Waals surface area (Å²) in [6.45, 7) is 2.01. The van der Waals surface area contributed by atoms with Crippen LogP contribution in [0, 0.1) is 0 Å². The van der Waals surface area contributed by atoms with Crippen molar-refractivity contribution in [3.63, 3.8) is 0 Å². The fraction of sp³-hybridized carbons (Fsp3) is 0.294. The summed E-state index contributed by atoms with van der Waals surface area (Å²) in [7, 11) is 0. The maximum atomic E-state index is 5.86. The van der Waals surface area contributed by atoms with Crippen LogP contribution in [0.5, 0.6) is 0 Å². The van der Waals surface area contributed by atoms with Gasteiger partial charge in [-0.2, -0.15) is 0 Å². The zero-order chi connectivity index (χ0) is 13.1. The van der Waals surface area contributed by atoms with Gasteiger partial charge in [0.25, 0.3) is 0 Å². The summed E-state index contributed by atoms with van der Waals surface area (Å²) >= 11 is 5.86. The van der Waals surface area contributed by atoms with Crippen LogP contribution in [0.25, 0.3) is 0 Å². The van der Waals surface area contributed by atoms with E-state index in [2.05, 4.69) is 53.4 Å². The molecule has 0 bridgehead atoms. The maximum absolute atomic E-state index is 5.86. The third-order valence-electron chi connectivity index (χ3n) is 3.75. The largest absolute Gasteiger partial charge is 0.367 e. The molecule has 0 aromatic heterocycles. The number of hydrogen-bond donors (Lipinski definition) is 0. The van der Waals surface area contributed by atoms with Crippen LogP contribution in [0.15, 0.2) is 48.5 Å². The lowest BCUT2D eigenvalue weighted by Gasteiger charge is -2.25. The first-order valence-corrected chi connectivity index (χ1v) is 7.37. The second-order valence-electron chi connectivity index (χ2n) is 5.04. The van der Waals surface area contributed by atoms with E-state index in [-0.39, 0.29) is 0 Å². The summed E-state index contributed by atoms with van der Waals surface area (Å²) in [5.74, 6) is 0.723. The summed E-state index contributed by atoms with van der Waals surface area (Å²) < 4.78 is 0. The summed E-state index contributed by atoms with van der Waals surface area (Å²) in [6.07, 6.45) is 2.06. The smallest absolute Gasteiger partial charge is 0.0432 e. The fourth-order valence-corrected chi connectivity index (χ4v) is 2.92. The van der Waals surface area contributed by atoms with E-state index < -0.39 is 0 Å². The highest BCUT2D eigenvalue weighted by Gasteiger charge is 2.17. The Morgan fingerprint density at radius 3 is 2.37 bits per heavy atom. The molecule has 0 radical (unpaired) electrons. The summed E-state index contributed by atoms with van der Waals surface area (Å²) in [5, 5.41) is 0. The van der Waals surface area contributed by atoms with Gasteiger partial charge in [-0.1, -0.05) is 42.5 Å². The monoisotopic (exact) mass is 271 g/mol. The first kappa shape index (κ1) is 12.6. The number of halogens is 1. The zero-order valence-corrected chi connectivity index (χ0v) is 11.7. The molecule has 0 amide bonds. The first-order valence-electron chi connectivity index (χ1n) is 6.84. The average Bonchev–Trinajstić information content (AvgIpc) is 2.61. The number of anilines is 1. The molecule has 98 valence electrons. The third-order valence-corrected chi connectivity index (χ3v) is 4.02. The highest BCUT2D eigenvalue weighted by molar-refractivity contribution is 6.17. The van der Waals surface area contributed by atoms with Crippen LogP contribution in [0.4, 0.5) is 5.69 Å². The predicted molar refractivity (Wildman–Crippen MR) is 82.1 cm³/mol. The molecular weight excluding hydrogens is 254 g/mol. The Balaban J connectivity index is 2.01. The molecule has 19 heavy (non-hydrogen) atoms. The van der Waals surface area contributed by atoms with Crippen molar-refractivity contribution < 1.29 is 0 Å². The quantitative estimate of drug-likeness (QED) is 0.756. The Morgan fingerprint density at radius 1 is 0.895 bits per heavy atom. The maximum Gasteiger partial charge on any atom is 0.0432 e. The van der Waals surface area contributed by atoms with E-state index in [4.69, 9.17) is 11.6 Å². The van der Waals surface area contributed by atoms with E-state index in [1.54, 1.807) is 0 Å². The van der Waals surface area contributed by atoms with Crippen LogP contribution < -0.4 is 4.90 Å². The Labute approximate surface area is 119 Å². The number of benzene rings is 2. The predicted octanol–water partition coefficient (Wildman–Crippen LogP) is 4.23.